The Morgan fingerprint density at radius 3 is 2.80 bits per heavy atom. The maximum atomic E-state index is 13.6. The number of amides is 1. The standard InChI is InChI=1S/C16H23FN2O/c1-12(14-4-2-3-5-15(14)17)19-16(20)7-6-13-8-10-18-11-9-13/h2-5,12-13,18H,6-11H2,1H3,(H,19,20). The van der Waals surface area contributed by atoms with Crippen molar-refractivity contribution in [2.45, 2.75) is 38.6 Å². The van der Waals surface area contributed by atoms with Crippen LogP contribution in [-0.2, 0) is 4.79 Å². The third-order valence-corrected chi connectivity index (χ3v) is 3.99. The highest BCUT2D eigenvalue weighted by Gasteiger charge is 2.16. The van der Waals surface area contributed by atoms with Gasteiger partial charge in [-0.25, -0.2) is 4.39 Å². The molecule has 1 atom stereocenters. The smallest absolute Gasteiger partial charge is 0.220 e. The van der Waals surface area contributed by atoms with Gasteiger partial charge in [0.25, 0.3) is 0 Å². The van der Waals surface area contributed by atoms with Gasteiger partial charge in [-0.2, -0.15) is 0 Å². The number of hydrogen-bond donors (Lipinski definition) is 2. The Balaban J connectivity index is 1.77. The van der Waals surface area contributed by atoms with Crippen LogP contribution in [0, 0.1) is 11.7 Å². The number of carbonyl (C=O) groups excluding carboxylic acids is 1. The number of carbonyl (C=O) groups is 1. The predicted octanol–water partition coefficient (Wildman–Crippen LogP) is 2.78. The maximum absolute atomic E-state index is 13.6. The van der Waals surface area contributed by atoms with Gasteiger partial charge in [-0.05, 0) is 51.3 Å². The van der Waals surface area contributed by atoms with E-state index in [-0.39, 0.29) is 17.8 Å². The Morgan fingerprint density at radius 2 is 2.10 bits per heavy atom. The summed E-state index contributed by atoms with van der Waals surface area (Å²) < 4.78 is 13.6. The average Bonchev–Trinajstić information content (AvgIpc) is 2.46. The predicted molar refractivity (Wildman–Crippen MR) is 77.8 cm³/mol. The summed E-state index contributed by atoms with van der Waals surface area (Å²) in [5, 5.41) is 6.20. The molecule has 0 bridgehead atoms. The van der Waals surface area contributed by atoms with Crippen molar-refractivity contribution in [1.82, 2.24) is 10.6 Å². The van der Waals surface area contributed by atoms with Gasteiger partial charge in [0.1, 0.15) is 5.82 Å². The first-order valence-electron chi connectivity index (χ1n) is 7.41. The molecule has 1 saturated heterocycles. The summed E-state index contributed by atoms with van der Waals surface area (Å²) in [5.41, 5.74) is 0.544. The molecule has 0 spiro atoms. The van der Waals surface area contributed by atoms with Crippen LogP contribution in [0.3, 0.4) is 0 Å². The van der Waals surface area contributed by atoms with Crippen LogP contribution in [0.1, 0.15) is 44.2 Å². The van der Waals surface area contributed by atoms with E-state index >= 15 is 0 Å². The van der Waals surface area contributed by atoms with Crippen LogP contribution in [0.15, 0.2) is 24.3 Å². The van der Waals surface area contributed by atoms with Gasteiger partial charge < -0.3 is 10.6 Å². The number of halogens is 1. The Labute approximate surface area is 120 Å². The number of benzene rings is 1. The highest BCUT2D eigenvalue weighted by molar-refractivity contribution is 5.76. The largest absolute Gasteiger partial charge is 0.349 e. The molecule has 1 fully saturated rings. The topological polar surface area (TPSA) is 41.1 Å². The minimum absolute atomic E-state index is 0.0132. The molecule has 4 heteroatoms. The van der Waals surface area contributed by atoms with E-state index in [0.717, 1.165) is 32.4 Å². The van der Waals surface area contributed by atoms with Crippen molar-refractivity contribution in [3.63, 3.8) is 0 Å². The lowest BCUT2D eigenvalue weighted by molar-refractivity contribution is -0.122. The second kappa shape index (κ2) is 7.39. The Hall–Kier alpha value is -1.42. The summed E-state index contributed by atoms with van der Waals surface area (Å²) in [7, 11) is 0. The van der Waals surface area contributed by atoms with E-state index in [1.54, 1.807) is 18.2 Å². The van der Waals surface area contributed by atoms with Crippen molar-refractivity contribution in [3.05, 3.63) is 35.6 Å². The fourth-order valence-corrected chi connectivity index (χ4v) is 2.72. The summed E-state index contributed by atoms with van der Waals surface area (Å²) in [6, 6.07) is 6.30. The SMILES string of the molecule is CC(NC(=O)CCC1CCNCC1)c1ccccc1F. The minimum Gasteiger partial charge on any atom is -0.349 e. The van der Waals surface area contributed by atoms with Crippen molar-refractivity contribution >= 4 is 5.91 Å². The molecule has 2 rings (SSSR count). The lowest BCUT2D eigenvalue weighted by Gasteiger charge is -2.22. The monoisotopic (exact) mass is 278 g/mol. The number of hydrogen-bond acceptors (Lipinski definition) is 2. The molecule has 1 aromatic carbocycles. The zero-order chi connectivity index (χ0) is 14.4. The fraction of sp³-hybridized carbons (Fsp3) is 0.562. The minimum atomic E-state index is -0.281. The second-order valence-electron chi connectivity index (χ2n) is 5.54. The quantitative estimate of drug-likeness (QED) is 0.869. The van der Waals surface area contributed by atoms with Crippen LogP contribution >= 0.6 is 0 Å². The summed E-state index contributed by atoms with van der Waals surface area (Å²) in [6.07, 6.45) is 3.76. The highest BCUT2D eigenvalue weighted by atomic mass is 19.1. The Kier molecular flexibility index (Phi) is 5.53. The number of nitrogens with one attached hydrogen (secondary N) is 2. The number of piperidine rings is 1. The van der Waals surface area contributed by atoms with E-state index in [4.69, 9.17) is 0 Å². The van der Waals surface area contributed by atoms with Crippen LogP contribution in [0.4, 0.5) is 4.39 Å². The first kappa shape index (κ1) is 15.0. The molecule has 1 aliphatic rings. The molecule has 0 radical (unpaired) electrons. The molecule has 0 aliphatic carbocycles. The molecule has 2 N–H and O–H groups in total. The first-order chi connectivity index (χ1) is 9.66. The average molecular weight is 278 g/mol. The lowest BCUT2D eigenvalue weighted by atomic mass is 9.93. The van der Waals surface area contributed by atoms with Gasteiger partial charge in [0, 0.05) is 12.0 Å². The second-order valence-corrected chi connectivity index (χ2v) is 5.54. The van der Waals surface area contributed by atoms with Crippen LogP contribution in [0.2, 0.25) is 0 Å². The molecule has 0 aromatic heterocycles. The van der Waals surface area contributed by atoms with Crippen molar-refractivity contribution in [2.75, 3.05) is 13.1 Å². The Morgan fingerprint density at radius 1 is 1.40 bits per heavy atom. The first-order valence-corrected chi connectivity index (χ1v) is 7.41. The van der Waals surface area contributed by atoms with Gasteiger partial charge in [-0.3, -0.25) is 4.79 Å². The van der Waals surface area contributed by atoms with Crippen LogP contribution in [0.25, 0.3) is 0 Å². The lowest BCUT2D eigenvalue weighted by Crippen LogP contribution is -2.30. The summed E-state index contributed by atoms with van der Waals surface area (Å²) in [4.78, 5) is 11.9. The van der Waals surface area contributed by atoms with Gasteiger partial charge in [0.05, 0.1) is 6.04 Å². The van der Waals surface area contributed by atoms with Gasteiger partial charge in [-0.15, -0.1) is 0 Å². The van der Waals surface area contributed by atoms with Crippen molar-refractivity contribution in [3.8, 4) is 0 Å². The molecule has 1 heterocycles. The van der Waals surface area contributed by atoms with E-state index in [0.29, 0.717) is 17.9 Å². The molecule has 3 nitrogen and oxygen atoms in total. The molecule has 20 heavy (non-hydrogen) atoms. The van der Waals surface area contributed by atoms with Gasteiger partial charge >= 0.3 is 0 Å². The molecule has 0 saturated carbocycles. The van der Waals surface area contributed by atoms with Crippen molar-refractivity contribution in [2.24, 2.45) is 5.92 Å². The fourth-order valence-electron chi connectivity index (χ4n) is 2.72. The van der Waals surface area contributed by atoms with Gasteiger partial charge in [-0.1, -0.05) is 18.2 Å². The van der Waals surface area contributed by atoms with Gasteiger partial charge in [0.2, 0.25) is 5.91 Å². The third kappa shape index (κ3) is 4.30. The van der Waals surface area contributed by atoms with Crippen molar-refractivity contribution in [1.29, 1.82) is 0 Å². The number of rotatable bonds is 5. The van der Waals surface area contributed by atoms with E-state index in [1.165, 1.54) is 6.07 Å². The Bertz CT molecular complexity index is 444. The molecule has 1 unspecified atom stereocenters. The highest BCUT2D eigenvalue weighted by Crippen LogP contribution is 2.19. The molecule has 1 aliphatic heterocycles. The van der Waals surface area contributed by atoms with E-state index in [1.807, 2.05) is 6.92 Å². The van der Waals surface area contributed by atoms with Crippen LogP contribution < -0.4 is 10.6 Å². The molecular weight excluding hydrogens is 255 g/mol. The summed E-state index contributed by atoms with van der Waals surface area (Å²) in [5.74, 6) is 0.392. The van der Waals surface area contributed by atoms with E-state index < -0.39 is 0 Å². The maximum Gasteiger partial charge on any atom is 0.220 e. The summed E-state index contributed by atoms with van der Waals surface area (Å²) in [6.45, 7) is 3.93. The molecule has 1 aromatic rings. The third-order valence-electron chi connectivity index (χ3n) is 3.99. The normalized spacial score (nSPS) is 17.7. The molecule has 1 amide bonds. The summed E-state index contributed by atoms with van der Waals surface area (Å²) >= 11 is 0. The van der Waals surface area contributed by atoms with Crippen LogP contribution in [0.5, 0.6) is 0 Å². The zero-order valence-electron chi connectivity index (χ0n) is 12.0. The molecule has 110 valence electrons. The molecular formula is C16H23FN2O. The van der Waals surface area contributed by atoms with Gasteiger partial charge in [0.15, 0.2) is 0 Å². The van der Waals surface area contributed by atoms with E-state index in [2.05, 4.69) is 10.6 Å². The van der Waals surface area contributed by atoms with E-state index in [9.17, 15) is 9.18 Å². The zero-order valence-corrected chi connectivity index (χ0v) is 12.0. The van der Waals surface area contributed by atoms with Crippen LogP contribution in [-0.4, -0.2) is 19.0 Å². The van der Waals surface area contributed by atoms with Crippen molar-refractivity contribution < 1.29 is 9.18 Å².